The van der Waals surface area contributed by atoms with Gasteiger partial charge in [0.05, 0.1) is 10.6 Å². The lowest BCUT2D eigenvalue weighted by Crippen LogP contribution is -2.43. The standard InChI is InChI=1S/C22H25NO3SSi/c1-22(2,3)28(4,5)26-18-13-11-17(12-14-18)23-20(24)15-19(27-23)21(25)16-9-7-6-8-10-16/h6-15H,1-5H3. The molecule has 0 spiro atoms. The summed E-state index contributed by atoms with van der Waals surface area (Å²) in [7, 11) is -1.91. The molecule has 0 atom stereocenters. The summed E-state index contributed by atoms with van der Waals surface area (Å²) >= 11 is 1.16. The van der Waals surface area contributed by atoms with Crippen molar-refractivity contribution in [3.05, 3.63) is 81.5 Å². The molecule has 0 unspecified atom stereocenters. The van der Waals surface area contributed by atoms with Crippen LogP contribution < -0.4 is 9.99 Å². The van der Waals surface area contributed by atoms with Crippen molar-refractivity contribution in [2.75, 3.05) is 0 Å². The molecular weight excluding hydrogens is 386 g/mol. The molecule has 28 heavy (non-hydrogen) atoms. The second-order valence-corrected chi connectivity index (χ2v) is 14.0. The van der Waals surface area contributed by atoms with Crippen LogP contribution in [0.5, 0.6) is 5.75 Å². The maximum Gasteiger partial charge on any atom is 0.266 e. The first-order chi connectivity index (χ1) is 13.1. The van der Waals surface area contributed by atoms with E-state index in [1.165, 1.54) is 10.0 Å². The highest BCUT2D eigenvalue weighted by Gasteiger charge is 2.38. The Morgan fingerprint density at radius 3 is 2.18 bits per heavy atom. The third kappa shape index (κ3) is 4.18. The summed E-state index contributed by atoms with van der Waals surface area (Å²) in [5, 5.41) is 0.114. The third-order valence-electron chi connectivity index (χ3n) is 5.15. The third-order valence-corrected chi connectivity index (χ3v) is 10.6. The Hall–Kier alpha value is -2.44. The Kier molecular flexibility index (Phi) is 5.45. The summed E-state index contributed by atoms with van der Waals surface area (Å²) in [5.41, 5.74) is 1.10. The fraction of sp³-hybridized carbons (Fsp3) is 0.273. The van der Waals surface area contributed by atoms with Gasteiger partial charge in [-0.3, -0.25) is 9.59 Å². The number of ketones is 1. The average molecular weight is 412 g/mol. The summed E-state index contributed by atoms with van der Waals surface area (Å²) < 4.78 is 7.82. The van der Waals surface area contributed by atoms with Crippen molar-refractivity contribution in [1.29, 1.82) is 0 Å². The predicted molar refractivity (Wildman–Crippen MR) is 118 cm³/mol. The number of hydrogen-bond donors (Lipinski definition) is 0. The Morgan fingerprint density at radius 1 is 1.00 bits per heavy atom. The fourth-order valence-corrected chi connectivity index (χ4v) is 4.41. The van der Waals surface area contributed by atoms with Gasteiger partial charge in [0.25, 0.3) is 5.56 Å². The fourth-order valence-electron chi connectivity index (χ4n) is 2.46. The second kappa shape index (κ2) is 7.52. The number of aromatic nitrogens is 1. The number of nitrogens with zero attached hydrogens (tertiary/aromatic N) is 1. The van der Waals surface area contributed by atoms with Gasteiger partial charge >= 0.3 is 0 Å². The van der Waals surface area contributed by atoms with Crippen LogP contribution in [0, 0.1) is 0 Å². The van der Waals surface area contributed by atoms with Gasteiger partial charge in [-0.05, 0) is 53.9 Å². The lowest BCUT2D eigenvalue weighted by Gasteiger charge is -2.36. The summed E-state index contributed by atoms with van der Waals surface area (Å²) in [6.45, 7) is 11.0. The van der Waals surface area contributed by atoms with E-state index in [-0.39, 0.29) is 16.4 Å². The summed E-state index contributed by atoms with van der Waals surface area (Å²) in [6, 6.07) is 17.9. The summed E-state index contributed by atoms with van der Waals surface area (Å²) in [5.74, 6) is 0.667. The first-order valence-corrected chi connectivity index (χ1v) is 12.9. The molecule has 0 bridgehead atoms. The first kappa shape index (κ1) is 20.3. The zero-order valence-corrected chi connectivity index (χ0v) is 18.7. The van der Waals surface area contributed by atoms with E-state index in [1.807, 2.05) is 42.5 Å². The van der Waals surface area contributed by atoms with Crippen LogP contribution >= 0.6 is 11.5 Å². The van der Waals surface area contributed by atoms with E-state index in [0.29, 0.717) is 10.4 Å². The highest BCUT2D eigenvalue weighted by molar-refractivity contribution is 7.09. The molecule has 2 aromatic carbocycles. The molecule has 0 aliphatic rings. The quantitative estimate of drug-likeness (QED) is 0.411. The number of benzene rings is 2. The van der Waals surface area contributed by atoms with Crippen molar-refractivity contribution >= 4 is 25.6 Å². The lowest BCUT2D eigenvalue weighted by molar-refractivity contribution is 0.104. The second-order valence-electron chi connectivity index (χ2n) is 8.28. The van der Waals surface area contributed by atoms with Crippen LogP contribution in [0.15, 0.2) is 65.5 Å². The van der Waals surface area contributed by atoms with E-state index in [4.69, 9.17) is 4.43 Å². The molecule has 0 aliphatic heterocycles. The van der Waals surface area contributed by atoms with Gasteiger partial charge in [0, 0.05) is 11.6 Å². The minimum Gasteiger partial charge on any atom is -0.544 e. The Bertz CT molecular complexity index is 1030. The number of hydrogen-bond acceptors (Lipinski definition) is 4. The molecular formula is C22H25NO3SSi. The molecule has 0 amide bonds. The van der Waals surface area contributed by atoms with Gasteiger partial charge in [-0.1, -0.05) is 51.1 Å². The molecule has 0 aliphatic carbocycles. The molecule has 4 nitrogen and oxygen atoms in total. The van der Waals surface area contributed by atoms with Crippen LogP contribution in [0.3, 0.4) is 0 Å². The molecule has 0 saturated carbocycles. The van der Waals surface area contributed by atoms with E-state index < -0.39 is 8.32 Å². The molecule has 3 aromatic rings. The van der Waals surface area contributed by atoms with Gasteiger partial charge in [0.15, 0.2) is 0 Å². The first-order valence-electron chi connectivity index (χ1n) is 9.21. The van der Waals surface area contributed by atoms with E-state index in [1.54, 1.807) is 12.1 Å². The number of carbonyl (C=O) groups is 1. The van der Waals surface area contributed by atoms with Crippen LogP contribution in [0.25, 0.3) is 5.69 Å². The Morgan fingerprint density at radius 2 is 1.61 bits per heavy atom. The van der Waals surface area contributed by atoms with E-state index in [2.05, 4.69) is 33.9 Å². The molecule has 146 valence electrons. The smallest absolute Gasteiger partial charge is 0.266 e. The molecule has 0 saturated heterocycles. The highest BCUT2D eigenvalue weighted by Crippen LogP contribution is 2.37. The lowest BCUT2D eigenvalue weighted by atomic mass is 10.1. The van der Waals surface area contributed by atoms with E-state index in [0.717, 1.165) is 23.0 Å². The monoisotopic (exact) mass is 411 g/mol. The van der Waals surface area contributed by atoms with E-state index >= 15 is 0 Å². The average Bonchev–Trinajstić information content (AvgIpc) is 3.03. The minimum absolute atomic E-state index is 0.114. The van der Waals surface area contributed by atoms with Crippen LogP contribution in [-0.4, -0.2) is 18.1 Å². The van der Waals surface area contributed by atoms with Crippen molar-refractivity contribution in [1.82, 2.24) is 3.96 Å². The highest BCUT2D eigenvalue weighted by atomic mass is 32.1. The van der Waals surface area contributed by atoms with Gasteiger partial charge in [-0.25, -0.2) is 3.96 Å². The van der Waals surface area contributed by atoms with Crippen molar-refractivity contribution in [3.8, 4) is 11.4 Å². The zero-order chi connectivity index (χ0) is 20.5. The predicted octanol–water partition coefficient (Wildman–Crippen LogP) is 5.51. The normalized spacial score (nSPS) is 12.0. The Labute approximate surface area is 170 Å². The van der Waals surface area contributed by atoms with Crippen LogP contribution in [0.1, 0.15) is 36.0 Å². The van der Waals surface area contributed by atoms with Gasteiger partial charge in [0.2, 0.25) is 14.1 Å². The van der Waals surface area contributed by atoms with Gasteiger partial charge in [-0.15, -0.1) is 0 Å². The molecule has 0 radical (unpaired) electrons. The zero-order valence-electron chi connectivity index (χ0n) is 16.9. The van der Waals surface area contributed by atoms with Crippen LogP contribution in [-0.2, 0) is 0 Å². The summed E-state index contributed by atoms with van der Waals surface area (Å²) in [4.78, 5) is 25.4. The van der Waals surface area contributed by atoms with Crippen LogP contribution in [0.2, 0.25) is 18.1 Å². The van der Waals surface area contributed by atoms with Crippen molar-refractivity contribution in [3.63, 3.8) is 0 Å². The van der Waals surface area contributed by atoms with Crippen molar-refractivity contribution in [2.24, 2.45) is 0 Å². The number of rotatable bonds is 5. The Balaban J connectivity index is 1.84. The molecule has 6 heteroatoms. The van der Waals surface area contributed by atoms with Crippen molar-refractivity contribution < 1.29 is 9.22 Å². The maximum absolute atomic E-state index is 12.6. The minimum atomic E-state index is -1.91. The van der Waals surface area contributed by atoms with Gasteiger partial charge in [0.1, 0.15) is 5.75 Å². The molecule has 0 fully saturated rings. The van der Waals surface area contributed by atoms with Crippen molar-refractivity contribution in [2.45, 2.75) is 38.9 Å². The molecule has 1 aromatic heterocycles. The topological polar surface area (TPSA) is 48.3 Å². The maximum atomic E-state index is 12.6. The SMILES string of the molecule is CC(C)(C)[Si](C)(C)Oc1ccc(-n2sc(C(=O)c3ccccc3)cc2=O)cc1. The van der Waals surface area contributed by atoms with Crippen LogP contribution in [0.4, 0.5) is 0 Å². The van der Waals surface area contributed by atoms with E-state index in [9.17, 15) is 9.59 Å². The largest absolute Gasteiger partial charge is 0.544 e. The molecule has 0 N–H and O–H groups in total. The number of carbonyl (C=O) groups excluding carboxylic acids is 1. The van der Waals surface area contributed by atoms with Gasteiger partial charge in [-0.2, -0.15) is 0 Å². The molecule has 1 heterocycles. The van der Waals surface area contributed by atoms with Gasteiger partial charge < -0.3 is 4.43 Å². The molecule has 3 rings (SSSR count). The summed E-state index contributed by atoms with van der Waals surface area (Å²) in [6.07, 6.45) is 0.